The van der Waals surface area contributed by atoms with E-state index in [1.165, 1.54) is 12.1 Å². The summed E-state index contributed by atoms with van der Waals surface area (Å²) in [6.07, 6.45) is 0. The molecule has 0 bridgehead atoms. The van der Waals surface area contributed by atoms with Crippen LogP contribution in [-0.4, -0.2) is 33.4 Å². The first-order chi connectivity index (χ1) is 16.0. The van der Waals surface area contributed by atoms with Gasteiger partial charge in [0.1, 0.15) is 18.9 Å². The van der Waals surface area contributed by atoms with Gasteiger partial charge in [-0.2, -0.15) is 5.10 Å². The second-order valence-corrected chi connectivity index (χ2v) is 7.63. The molecule has 0 fully saturated rings. The molecule has 0 saturated heterocycles. The first-order valence-corrected chi connectivity index (χ1v) is 10.4. The van der Waals surface area contributed by atoms with E-state index in [9.17, 15) is 19.5 Å². The lowest BCUT2D eigenvalue weighted by Crippen LogP contribution is -2.44. The first-order valence-electron chi connectivity index (χ1n) is 10.4. The lowest BCUT2D eigenvalue weighted by molar-refractivity contribution is -0.120. The molecule has 1 amide bonds. The number of ether oxygens (including phenoxy) is 1. The molecule has 8 heteroatoms. The van der Waals surface area contributed by atoms with Crippen LogP contribution in [0.1, 0.15) is 22.1 Å². The van der Waals surface area contributed by atoms with E-state index >= 15 is 0 Å². The Morgan fingerprint density at radius 3 is 2.36 bits per heavy atom. The highest BCUT2D eigenvalue weighted by molar-refractivity contribution is 6.01. The first kappa shape index (κ1) is 20.4. The smallest absolute Gasteiger partial charge is 0.357 e. The maximum Gasteiger partial charge on any atom is 0.357 e. The van der Waals surface area contributed by atoms with Gasteiger partial charge in [-0.1, -0.05) is 60.7 Å². The summed E-state index contributed by atoms with van der Waals surface area (Å²) in [5.41, 5.74) is 0.655. The molecule has 33 heavy (non-hydrogen) atoms. The van der Waals surface area contributed by atoms with E-state index in [0.29, 0.717) is 11.4 Å². The molecule has 0 saturated carbocycles. The summed E-state index contributed by atoms with van der Waals surface area (Å²) in [6, 6.07) is 22.6. The lowest BCUT2D eigenvalue weighted by atomic mass is 10.0. The number of para-hydroxylation sites is 2. The van der Waals surface area contributed by atoms with Gasteiger partial charge < -0.3 is 9.84 Å². The molecular weight excluding hydrogens is 422 g/mol. The van der Waals surface area contributed by atoms with Crippen LogP contribution in [0.4, 0.5) is 5.69 Å². The van der Waals surface area contributed by atoms with Crippen molar-refractivity contribution in [3.63, 3.8) is 0 Å². The summed E-state index contributed by atoms with van der Waals surface area (Å²) in [4.78, 5) is 40.0. The van der Waals surface area contributed by atoms with Crippen molar-refractivity contribution in [2.45, 2.75) is 12.6 Å². The van der Waals surface area contributed by atoms with Crippen LogP contribution in [0.2, 0.25) is 0 Å². The highest BCUT2D eigenvalue weighted by atomic mass is 16.5. The number of carboxylic acid groups (broad SMARTS) is 1. The molecule has 1 aliphatic rings. The van der Waals surface area contributed by atoms with Crippen LogP contribution in [0, 0.1) is 0 Å². The number of hydrogen-bond acceptors (Lipinski definition) is 5. The predicted octanol–water partition coefficient (Wildman–Crippen LogP) is 3.26. The summed E-state index contributed by atoms with van der Waals surface area (Å²) in [5.74, 6) is -1.12. The van der Waals surface area contributed by atoms with Crippen molar-refractivity contribution < 1.29 is 19.4 Å². The minimum atomic E-state index is -1.27. The molecule has 0 spiro atoms. The minimum Gasteiger partial charge on any atom is -0.489 e. The number of benzene rings is 3. The summed E-state index contributed by atoms with van der Waals surface area (Å²) >= 11 is 0. The van der Waals surface area contributed by atoms with Gasteiger partial charge >= 0.3 is 5.97 Å². The van der Waals surface area contributed by atoms with E-state index in [-0.39, 0.29) is 23.1 Å². The fourth-order valence-electron chi connectivity index (χ4n) is 4.12. The minimum absolute atomic E-state index is 0.194. The lowest BCUT2D eigenvalue weighted by Gasteiger charge is -2.37. The average Bonchev–Trinajstić information content (AvgIpc) is 2.85. The van der Waals surface area contributed by atoms with Crippen molar-refractivity contribution >= 4 is 28.3 Å². The van der Waals surface area contributed by atoms with Gasteiger partial charge in [0.2, 0.25) is 5.91 Å². The fraction of sp³-hybridized carbons (Fsp3) is 0.120. The molecule has 0 aliphatic carbocycles. The van der Waals surface area contributed by atoms with Gasteiger partial charge in [0, 0.05) is 5.39 Å². The van der Waals surface area contributed by atoms with E-state index in [2.05, 4.69) is 5.10 Å². The Kier molecular flexibility index (Phi) is 5.10. The number of rotatable bonds is 4. The average molecular weight is 441 g/mol. The van der Waals surface area contributed by atoms with Crippen molar-refractivity contribution in [2.24, 2.45) is 0 Å². The maximum absolute atomic E-state index is 13.6. The molecule has 1 N–H and O–H groups in total. The molecule has 8 nitrogen and oxygen atoms in total. The number of carbonyl (C=O) groups excluding carboxylic acids is 1. The van der Waals surface area contributed by atoms with Crippen LogP contribution in [-0.2, 0) is 11.3 Å². The number of nitrogens with zero attached hydrogens (tertiary/aromatic N) is 3. The molecule has 1 atom stereocenters. The zero-order valence-corrected chi connectivity index (χ0v) is 17.4. The monoisotopic (exact) mass is 441 g/mol. The van der Waals surface area contributed by atoms with Crippen molar-refractivity contribution in [3.8, 4) is 5.75 Å². The number of aromatic carboxylic acids is 1. The SMILES string of the molecule is O=C(O)c1nn(CC(=O)N2c3ccccc3OCC2c2ccccc2)c(=O)c2ccccc12. The normalized spacial score (nSPS) is 15.0. The quantitative estimate of drug-likeness (QED) is 0.522. The third-order valence-electron chi connectivity index (χ3n) is 5.64. The molecule has 1 aliphatic heterocycles. The van der Waals surface area contributed by atoms with Gasteiger partial charge in [-0.25, -0.2) is 9.48 Å². The molecule has 1 aromatic heterocycles. The molecule has 1 unspecified atom stereocenters. The van der Waals surface area contributed by atoms with E-state index in [4.69, 9.17) is 4.74 Å². The Labute approximate surface area is 188 Å². The van der Waals surface area contributed by atoms with Crippen LogP contribution >= 0.6 is 0 Å². The second-order valence-electron chi connectivity index (χ2n) is 7.63. The number of carbonyl (C=O) groups is 2. The number of hydrogen-bond donors (Lipinski definition) is 1. The van der Waals surface area contributed by atoms with E-state index in [0.717, 1.165) is 10.2 Å². The summed E-state index contributed by atoms with van der Waals surface area (Å²) < 4.78 is 6.82. The van der Waals surface area contributed by atoms with Crippen LogP contribution in [0.15, 0.2) is 83.7 Å². The van der Waals surface area contributed by atoms with Gasteiger partial charge in [0.05, 0.1) is 17.1 Å². The largest absolute Gasteiger partial charge is 0.489 e. The number of aromatic nitrogens is 2. The molecule has 0 radical (unpaired) electrons. The fourth-order valence-corrected chi connectivity index (χ4v) is 4.12. The van der Waals surface area contributed by atoms with Crippen LogP contribution in [0.25, 0.3) is 10.8 Å². The zero-order valence-electron chi connectivity index (χ0n) is 17.4. The number of carboxylic acids is 1. The zero-order chi connectivity index (χ0) is 22.9. The second kappa shape index (κ2) is 8.23. The highest BCUT2D eigenvalue weighted by Gasteiger charge is 2.33. The Hall–Kier alpha value is -4.46. The third kappa shape index (κ3) is 3.61. The van der Waals surface area contributed by atoms with Crippen molar-refractivity contribution in [1.82, 2.24) is 9.78 Å². The molecule has 164 valence electrons. The van der Waals surface area contributed by atoms with Gasteiger partial charge in [0.25, 0.3) is 5.56 Å². The predicted molar refractivity (Wildman–Crippen MR) is 122 cm³/mol. The van der Waals surface area contributed by atoms with E-state index in [1.807, 2.05) is 36.4 Å². The van der Waals surface area contributed by atoms with Crippen molar-refractivity contribution in [2.75, 3.05) is 11.5 Å². The Bertz CT molecular complexity index is 1430. The Balaban J connectivity index is 1.59. The van der Waals surface area contributed by atoms with Crippen LogP contribution in [0.5, 0.6) is 5.75 Å². The van der Waals surface area contributed by atoms with Crippen molar-refractivity contribution in [1.29, 1.82) is 0 Å². The Morgan fingerprint density at radius 2 is 1.61 bits per heavy atom. The number of anilines is 1. The molecule has 5 rings (SSSR count). The Morgan fingerprint density at radius 1 is 0.939 bits per heavy atom. The van der Waals surface area contributed by atoms with Gasteiger partial charge in [-0.3, -0.25) is 14.5 Å². The molecule has 2 heterocycles. The molecule has 3 aromatic carbocycles. The number of amides is 1. The molecule has 4 aromatic rings. The topological polar surface area (TPSA) is 102 Å². The van der Waals surface area contributed by atoms with Gasteiger partial charge in [-0.15, -0.1) is 0 Å². The highest BCUT2D eigenvalue weighted by Crippen LogP contribution is 2.39. The maximum atomic E-state index is 13.6. The van der Waals surface area contributed by atoms with Gasteiger partial charge in [0.15, 0.2) is 5.69 Å². The van der Waals surface area contributed by atoms with Crippen LogP contribution < -0.4 is 15.2 Å². The summed E-state index contributed by atoms with van der Waals surface area (Å²) in [6.45, 7) is -0.172. The molecular formula is C25H19N3O5. The van der Waals surface area contributed by atoms with E-state index < -0.39 is 30.0 Å². The van der Waals surface area contributed by atoms with Gasteiger partial charge in [-0.05, 0) is 23.8 Å². The van der Waals surface area contributed by atoms with Crippen LogP contribution in [0.3, 0.4) is 0 Å². The summed E-state index contributed by atoms with van der Waals surface area (Å²) in [7, 11) is 0. The number of fused-ring (bicyclic) bond motifs is 2. The van der Waals surface area contributed by atoms with E-state index in [1.54, 1.807) is 35.2 Å². The third-order valence-corrected chi connectivity index (χ3v) is 5.64. The van der Waals surface area contributed by atoms with Crippen molar-refractivity contribution in [3.05, 3.63) is 100 Å². The standard InChI is InChI=1S/C25H19N3O5/c29-22(14-27-24(30)18-11-5-4-10-17(18)23(26-27)25(31)32)28-19-12-6-7-13-21(19)33-15-20(28)16-8-2-1-3-9-16/h1-13,20H,14-15H2,(H,31,32). The summed E-state index contributed by atoms with van der Waals surface area (Å²) in [5, 5.41) is 14.1.